The maximum Gasteiger partial charge on any atom is 0.688 e. The van der Waals surface area contributed by atoms with E-state index in [0.29, 0.717) is 22.6 Å². The SMILES string of the molecule is COc1ccc(C(OC[C@H]2O[C@@H](n3cnc4c(NC(=O)c5ccccc5)ncnc43)[C@H](OP(=S)(OCCC#N)OC[C@H]3O[C@@H](n4cnc5c(NC(=O)c6ccccc6)ncnc54)[C@@H]4O[Si](C)(C(C)(C)C)O[P+](=O)O[C@@H]43)[C@@H]2O[Si](C)(C)C(C)(C)C)(c2ccccc2)c2ccc(OC)cc2)cc1. The fraction of sp³-hybridized carbons (Fsp3) is 0.377. The van der Waals surface area contributed by atoms with E-state index in [1.807, 2.05) is 118 Å². The summed E-state index contributed by atoms with van der Waals surface area (Å²) in [6.45, 7) is 13.0. The van der Waals surface area contributed by atoms with Crippen LogP contribution in [0.3, 0.4) is 0 Å². The maximum absolute atomic E-state index is 14.3. The number of anilines is 2. The quantitative estimate of drug-likeness (QED) is 0.0246. The van der Waals surface area contributed by atoms with E-state index in [1.165, 1.54) is 25.3 Å². The molecule has 31 heteroatoms. The highest BCUT2D eigenvalue weighted by atomic mass is 32.5. The minimum atomic E-state index is -4.29. The summed E-state index contributed by atoms with van der Waals surface area (Å²) in [4.78, 5) is 55.1. The van der Waals surface area contributed by atoms with Crippen LogP contribution >= 0.6 is 15.0 Å². The Bertz CT molecular complexity index is 4450. The molecule has 9 aromatic rings. The summed E-state index contributed by atoms with van der Waals surface area (Å²) in [5, 5.41) is 14.8. The lowest BCUT2D eigenvalue weighted by Gasteiger charge is -2.42. The highest BCUT2D eigenvalue weighted by Gasteiger charge is 2.65. The van der Waals surface area contributed by atoms with Crippen LogP contribution < -0.4 is 20.1 Å². The minimum absolute atomic E-state index is 0.115. The normalized spacial score (nSPS) is 22.9. The number of rotatable bonds is 24. The van der Waals surface area contributed by atoms with Gasteiger partial charge in [-0.05, 0) is 102 Å². The number of benzene rings is 5. The van der Waals surface area contributed by atoms with Crippen molar-refractivity contribution in [3.8, 4) is 17.6 Å². The van der Waals surface area contributed by atoms with Crippen LogP contribution in [0.2, 0.25) is 29.7 Å². The number of nitriles is 1. The lowest BCUT2D eigenvalue weighted by Crippen LogP contribution is -2.51. The Morgan fingerprint density at radius 1 is 0.660 bits per heavy atom. The fourth-order valence-corrected chi connectivity index (χ4v) is 19.3. The molecule has 11 atom stereocenters. The number of fused-ring (bicyclic) bond motifs is 3. The van der Waals surface area contributed by atoms with Crippen LogP contribution in [0.5, 0.6) is 11.5 Å². The molecule has 7 heterocycles. The van der Waals surface area contributed by atoms with Gasteiger partial charge in [0.15, 0.2) is 60.8 Å². The Morgan fingerprint density at radius 2 is 1.16 bits per heavy atom. The molecule has 0 radical (unpaired) electrons. The number of amides is 2. The second-order valence-electron chi connectivity index (χ2n) is 26.7. The van der Waals surface area contributed by atoms with E-state index in [9.17, 15) is 19.4 Å². The Balaban J connectivity index is 0.961. The van der Waals surface area contributed by atoms with Crippen LogP contribution in [0.15, 0.2) is 165 Å². The van der Waals surface area contributed by atoms with E-state index >= 15 is 0 Å². The molecule has 3 fully saturated rings. The molecule has 0 saturated carbocycles. The Labute approximate surface area is 586 Å². The van der Waals surface area contributed by atoms with Crippen molar-refractivity contribution in [1.82, 2.24) is 39.0 Å². The smallest absolute Gasteiger partial charge is 0.497 e. The molecule has 0 aliphatic carbocycles. The lowest BCUT2D eigenvalue weighted by atomic mass is 9.80. The summed E-state index contributed by atoms with van der Waals surface area (Å²) in [5.74, 6) is 0.655. The molecule has 100 heavy (non-hydrogen) atoms. The van der Waals surface area contributed by atoms with Crippen LogP contribution in [0.1, 0.15) is 97.8 Å². The Morgan fingerprint density at radius 3 is 1.66 bits per heavy atom. The predicted octanol–water partition coefficient (Wildman–Crippen LogP) is 13.3. The molecule has 2 N–H and O–H groups in total. The minimum Gasteiger partial charge on any atom is -0.497 e. The summed E-state index contributed by atoms with van der Waals surface area (Å²) < 4.78 is 99.3. The zero-order chi connectivity index (χ0) is 70.8. The van der Waals surface area contributed by atoms with Crippen LogP contribution in [0.4, 0.5) is 11.6 Å². The molecule has 3 aliphatic heterocycles. The molecule has 3 aliphatic rings. The fourth-order valence-electron chi connectivity index (χ4n) is 11.7. The molecule has 4 aromatic heterocycles. The van der Waals surface area contributed by atoms with Gasteiger partial charge in [-0.25, -0.2) is 29.9 Å². The van der Waals surface area contributed by atoms with Crippen LogP contribution in [0.25, 0.3) is 22.3 Å². The number of carbonyl (C=O) groups excluding carboxylic acids is 2. The van der Waals surface area contributed by atoms with Crippen molar-refractivity contribution in [3.05, 3.63) is 193 Å². The first-order valence-electron chi connectivity index (χ1n) is 32.4. The number of aromatic nitrogens is 8. The maximum atomic E-state index is 14.3. The summed E-state index contributed by atoms with van der Waals surface area (Å²) in [6, 6.07) is 44.7. The van der Waals surface area contributed by atoms with Gasteiger partial charge < -0.3 is 52.2 Å². The number of carbonyl (C=O) groups is 2. The number of methoxy groups -OCH3 is 2. The first-order chi connectivity index (χ1) is 47.9. The van der Waals surface area contributed by atoms with E-state index < -0.39 is 115 Å². The number of hydrogen-bond acceptors (Lipinski definition) is 23. The van der Waals surface area contributed by atoms with Gasteiger partial charge in [0, 0.05) is 20.7 Å². The average Bonchev–Trinajstić information content (AvgIpc) is 1.42. The van der Waals surface area contributed by atoms with E-state index in [-0.39, 0.29) is 53.6 Å². The monoisotopic (exact) mass is 1450 g/mol. The van der Waals surface area contributed by atoms with Crippen molar-refractivity contribution in [2.75, 3.05) is 44.7 Å². The summed E-state index contributed by atoms with van der Waals surface area (Å²) in [5.41, 5.74) is 2.64. The van der Waals surface area contributed by atoms with Gasteiger partial charge in [-0.1, -0.05) is 133 Å². The predicted molar refractivity (Wildman–Crippen MR) is 379 cm³/mol. The van der Waals surface area contributed by atoms with Crippen molar-refractivity contribution in [1.29, 1.82) is 5.26 Å². The van der Waals surface area contributed by atoms with Crippen LogP contribution in [-0.2, 0) is 67.3 Å². The molecule has 26 nitrogen and oxygen atoms in total. The molecule has 0 spiro atoms. The summed E-state index contributed by atoms with van der Waals surface area (Å²) in [6.07, 6.45) is -3.74. The number of nitrogens with zero attached hydrogens (tertiary/aromatic N) is 9. The van der Waals surface area contributed by atoms with E-state index in [0.717, 1.165) is 16.7 Å². The second kappa shape index (κ2) is 29.5. The van der Waals surface area contributed by atoms with E-state index in [1.54, 1.807) is 71.9 Å². The largest absolute Gasteiger partial charge is 0.688 e. The highest BCUT2D eigenvalue weighted by molar-refractivity contribution is 8.07. The molecule has 12 rings (SSSR count). The van der Waals surface area contributed by atoms with E-state index in [4.69, 9.17) is 76.6 Å². The summed E-state index contributed by atoms with van der Waals surface area (Å²) >= 11 is 6.60. The van der Waals surface area contributed by atoms with Crippen molar-refractivity contribution in [2.24, 2.45) is 0 Å². The Kier molecular flexibility index (Phi) is 21.2. The zero-order valence-electron chi connectivity index (χ0n) is 57.0. The first kappa shape index (κ1) is 71.8. The highest BCUT2D eigenvalue weighted by Crippen LogP contribution is 2.58. The van der Waals surface area contributed by atoms with Crippen molar-refractivity contribution in [2.45, 2.75) is 132 Å². The van der Waals surface area contributed by atoms with Crippen LogP contribution in [-0.4, -0.2) is 138 Å². The van der Waals surface area contributed by atoms with Gasteiger partial charge in [-0.15, -0.1) is 8.74 Å². The zero-order valence-corrected chi connectivity index (χ0v) is 61.6. The number of nitrogens with one attached hydrogen (secondary N) is 2. The lowest BCUT2D eigenvalue weighted by molar-refractivity contribution is -0.0930. The third-order valence-corrected chi connectivity index (χ3v) is 31.2. The molecular formula is C69H78N11O15P2SSi2+. The number of ether oxygens (including phenoxy) is 5. The van der Waals surface area contributed by atoms with Crippen molar-refractivity contribution in [3.63, 3.8) is 0 Å². The Hall–Kier alpha value is -7.99. The molecule has 0 bridgehead atoms. The topological polar surface area (TPSA) is 297 Å². The number of hydrogen-bond donors (Lipinski definition) is 2. The van der Waals surface area contributed by atoms with E-state index in [2.05, 4.69) is 70.5 Å². The first-order valence-corrected chi connectivity index (χ1v) is 41.2. The summed E-state index contributed by atoms with van der Waals surface area (Å²) in [7, 11) is -6.11. The van der Waals surface area contributed by atoms with Gasteiger partial charge in [0.05, 0.1) is 59.2 Å². The van der Waals surface area contributed by atoms with Gasteiger partial charge in [0.25, 0.3) is 11.8 Å². The molecule has 5 aromatic carbocycles. The van der Waals surface area contributed by atoms with Gasteiger partial charge in [0.2, 0.25) is 0 Å². The average molecular weight is 1450 g/mol. The van der Waals surface area contributed by atoms with Gasteiger partial charge in [-0.3, -0.25) is 23.2 Å². The van der Waals surface area contributed by atoms with Crippen molar-refractivity contribution < 1.29 is 69.0 Å². The van der Waals surface area contributed by atoms with Crippen molar-refractivity contribution >= 4 is 89.4 Å². The van der Waals surface area contributed by atoms with Gasteiger partial charge >= 0.3 is 23.5 Å². The molecular weight excluding hydrogens is 1370 g/mol. The molecule has 3 unspecified atom stereocenters. The molecule has 522 valence electrons. The third-order valence-electron chi connectivity index (χ3n) is 18.5. The second-order valence-corrected chi connectivity index (χ2v) is 39.5. The van der Waals surface area contributed by atoms with Crippen LogP contribution in [0, 0.1) is 11.3 Å². The third kappa shape index (κ3) is 14.7. The van der Waals surface area contributed by atoms with Gasteiger partial charge in [-0.2, -0.15) is 5.26 Å². The molecule has 3 saturated heterocycles. The standard InChI is InChI=1S/C69H77N11O15P2SSi2/c1-67(2,3)99(9,10)93-56-51(38-86-69(46-26-19-14-20-27-46,47-28-32-49(84-7)33-29-47)48-30-34-50(85-8)35-31-48)89-65(79-42-75-53-59(71-40-73-61(53)79)77-63(81)44-22-15-12-16-23-44)57(56)92-97(98,87-37-21-36-70)88-39-52-55-58(94-100(11,68(4,5)6)95-96(83)91-55)66(90-52)80-43-76-54-60(72-41-74-62(54)80)78-64(82)45-24-17-13-18-25-45/h12-20,22-35,40-43,51-52,55-58,65-66H,21,37-39H2,1-11H3,(H-,71,72,73,74,77,78,81,82)/p+1/t51-,52-,55-,56-,57-,58-,65-,66-,97?,100?/m1/s1. The van der Waals surface area contributed by atoms with Gasteiger partial charge in [0.1, 0.15) is 60.3 Å². The molecule has 2 amide bonds. The number of imidazole rings is 2.